The van der Waals surface area contributed by atoms with Gasteiger partial charge in [0.2, 0.25) is 0 Å². The SMILES string of the molecule is CN(C/C(N)=N/O)C/C(N)=N\O. The van der Waals surface area contributed by atoms with Crippen LogP contribution in [0, 0.1) is 0 Å². The molecule has 12 heavy (non-hydrogen) atoms. The number of likely N-dealkylation sites (N-methyl/N-ethyl adjacent to an activating group) is 1. The van der Waals surface area contributed by atoms with E-state index in [2.05, 4.69) is 10.3 Å². The molecule has 0 bridgehead atoms. The molecule has 7 nitrogen and oxygen atoms in total. The summed E-state index contributed by atoms with van der Waals surface area (Å²) in [6.07, 6.45) is 0. The first kappa shape index (κ1) is 10.5. The van der Waals surface area contributed by atoms with Crippen LogP contribution in [-0.4, -0.2) is 47.1 Å². The van der Waals surface area contributed by atoms with Crippen molar-refractivity contribution in [2.75, 3.05) is 20.1 Å². The van der Waals surface area contributed by atoms with Crippen molar-refractivity contribution in [1.29, 1.82) is 0 Å². The van der Waals surface area contributed by atoms with Gasteiger partial charge in [0.1, 0.15) is 0 Å². The summed E-state index contributed by atoms with van der Waals surface area (Å²) in [4.78, 5) is 1.63. The quantitative estimate of drug-likeness (QED) is 0.178. The van der Waals surface area contributed by atoms with E-state index in [-0.39, 0.29) is 24.8 Å². The van der Waals surface area contributed by atoms with Crippen molar-refractivity contribution in [1.82, 2.24) is 4.90 Å². The molecule has 0 heterocycles. The van der Waals surface area contributed by atoms with Gasteiger partial charge < -0.3 is 21.9 Å². The Morgan fingerprint density at radius 3 is 1.75 bits per heavy atom. The molecular formula is C5H13N5O2. The molecule has 0 rings (SSSR count). The largest absolute Gasteiger partial charge is 0.409 e. The van der Waals surface area contributed by atoms with Gasteiger partial charge in [0.25, 0.3) is 0 Å². The van der Waals surface area contributed by atoms with Crippen LogP contribution in [0.5, 0.6) is 0 Å². The van der Waals surface area contributed by atoms with E-state index in [4.69, 9.17) is 21.9 Å². The van der Waals surface area contributed by atoms with E-state index in [1.165, 1.54) is 0 Å². The van der Waals surface area contributed by atoms with Crippen LogP contribution in [0.15, 0.2) is 10.3 Å². The van der Waals surface area contributed by atoms with Crippen LogP contribution in [0.25, 0.3) is 0 Å². The van der Waals surface area contributed by atoms with Crippen LogP contribution >= 0.6 is 0 Å². The molecule has 0 aromatic rings. The van der Waals surface area contributed by atoms with Gasteiger partial charge >= 0.3 is 0 Å². The Morgan fingerprint density at radius 1 is 1.17 bits per heavy atom. The molecule has 0 saturated carbocycles. The molecule has 0 aromatic heterocycles. The van der Waals surface area contributed by atoms with Gasteiger partial charge in [-0.3, -0.25) is 4.90 Å². The molecule has 0 spiro atoms. The summed E-state index contributed by atoms with van der Waals surface area (Å²) in [5.41, 5.74) is 10.4. The number of nitrogens with two attached hydrogens (primary N) is 2. The lowest BCUT2D eigenvalue weighted by molar-refractivity contribution is 0.307. The van der Waals surface area contributed by atoms with E-state index >= 15 is 0 Å². The number of hydrogen-bond donors (Lipinski definition) is 4. The fourth-order valence-corrected chi connectivity index (χ4v) is 0.672. The normalized spacial score (nSPS) is 13.8. The Bertz CT molecular complexity index is 170. The fraction of sp³-hybridized carbons (Fsp3) is 0.600. The minimum Gasteiger partial charge on any atom is -0.409 e. The predicted molar refractivity (Wildman–Crippen MR) is 44.3 cm³/mol. The third kappa shape index (κ3) is 4.34. The van der Waals surface area contributed by atoms with Gasteiger partial charge in [0, 0.05) is 0 Å². The predicted octanol–water partition coefficient (Wildman–Crippen LogP) is -1.59. The zero-order valence-electron chi connectivity index (χ0n) is 6.80. The number of hydrogen-bond acceptors (Lipinski definition) is 5. The average molecular weight is 175 g/mol. The van der Waals surface area contributed by atoms with Gasteiger partial charge in [-0.15, -0.1) is 0 Å². The molecule has 0 unspecified atom stereocenters. The topological polar surface area (TPSA) is 120 Å². The third-order valence-electron chi connectivity index (χ3n) is 1.12. The fourth-order valence-electron chi connectivity index (χ4n) is 0.672. The van der Waals surface area contributed by atoms with Gasteiger partial charge in [-0.1, -0.05) is 10.3 Å². The number of nitrogens with zero attached hydrogens (tertiary/aromatic N) is 3. The summed E-state index contributed by atoms with van der Waals surface area (Å²) in [7, 11) is 1.69. The molecule has 7 heteroatoms. The van der Waals surface area contributed by atoms with Crippen LogP contribution in [0.3, 0.4) is 0 Å². The van der Waals surface area contributed by atoms with Crippen molar-refractivity contribution >= 4 is 11.7 Å². The highest BCUT2D eigenvalue weighted by Gasteiger charge is 2.03. The van der Waals surface area contributed by atoms with Gasteiger partial charge in [0.05, 0.1) is 13.1 Å². The first-order valence-corrected chi connectivity index (χ1v) is 3.21. The van der Waals surface area contributed by atoms with Gasteiger partial charge in [-0.05, 0) is 7.05 Å². The van der Waals surface area contributed by atoms with Crippen molar-refractivity contribution in [3.8, 4) is 0 Å². The molecule has 0 radical (unpaired) electrons. The zero-order chi connectivity index (χ0) is 9.56. The van der Waals surface area contributed by atoms with Crippen LogP contribution in [-0.2, 0) is 0 Å². The van der Waals surface area contributed by atoms with Crippen molar-refractivity contribution in [2.45, 2.75) is 0 Å². The average Bonchev–Trinajstić information content (AvgIpc) is 2.03. The van der Waals surface area contributed by atoms with Crippen LogP contribution < -0.4 is 11.5 Å². The molecule has 0 fully saturated rings. The summed E-state index contributed by atoms with van der Waals surface area (Å²) >= 11 is 0. The van der Waals surface area contributed by atoms with Gasteiger partial charge in [-0.2, -0.15) is 0 Å². The molecule has 70 valence electrons. The summed E-state index contributed by atoms with van der Waals surface area (Å²) < 4.78 is 0. The molecule has 0 aliphatic carbocycles. The monoisotopic (exact) mass is 175 g/mol. The van der Waals surface area contributed by atoms with Crippen molar-refractivity contribution in [3.05, 3.63) is 0 Å². The molecule has 0 aliphatic rings. The van der Waals surface area contributed by atoms with Crippen molar-refractivity contribution < 1.29 is 10.4 Å². The van der Waals surface area contributed by atoms with E-state index in [0.717, 1.165) is 0 Å². The Labute approximate surface area is 69.9 Å². The third-order valence-corrected chi connectivity index (χ3v) is 1.12. The minimum absolute atomic E-state index is 0.0724. The maximum Gasteiger partial charge on any atom is 0.153 e. The van der Waals surface area contributed by atoms with E-state index in [1.54, 1.807) is 11.9 Å². The Balaban J connectivity index is 3.82. The molecule has 0 saturated heterocycles. The summed E-state index contributed by atoms with van der Waals surface area (Å²) in [6, 6.07) is 0. The standard InChI is InChI=1S/C5H13N5O2/c1-10(2-4(6)8-11)3-5(7)9-12/h11-12H,2-3H2,1H3,(H2,6,8)(H2,7,9). The lowest BCUT2D eigenvalue weighted by Crippen LogP contribution is -2.37. The van der Waals surface area contributed by atoms with E-state index in [1.807, 2.05) is 0 Å². The molecule has 0 aromatic carbocycles. The second-order valence-corrected chi connectivity index (χ2v) is 2.35. The summed E-state index contributed by atoms with van der Waals surface area (Å²) in [6.45, 7) is 0.513. The summed E-state index contributed by atoms with van der Waals surface area (Å²) in [5.74, 6) is 0.145. The van der Waals surface area contributed by atoms with E-state index < -0.39 is 0 Å². The highest BCUT2D eigenvalue weighted by Crippen LogP contribution is 1.81. The lowest BCUT2D eigenvalue weighted by Gasteiger charge is -2.13. The van der Waals surface area contributed by atoms with E-state index in [9.17, 15) is 0 Å². The Morgan fingerprint density at radius 2 is 1.50 bits per heavy atom. The highest BCUT2D eigenvalue weighted by molar-refractivity contribution is 5.84. The smallest absolute Gasteiger partial charge is 0.153 e. The van der Waals surface area contributed by atoms with Crippen LogP contribution in [0.1, 0.15) is 0 Å². The van der Waals surface area contributed by atoms with E-state index in [0.29, 0.717) is 0 Å². The van der Waals surface area contributed by atoms with Crippen molar-refractivity contribution in [2.24, 2.45) is 21.8 Å². The van der Waals surface area contributed by atoms with Crippen LogP contribution in [0.4, 0.5) is 0 Å². The molecule has 6 N–H and O–H groups in total. The maximum atomic E-state index is 8.20. The Hall–Kier alpha value is -1.50. The van der Waals surface area contributed by atoms with Crippen LogP contribution in [0.2, 0.25) is 0 Å². The maximum absolute atomic E-state index is 8.20. The zero-order valence-corrected chi connectivity index (χ0v) is 6.80. The molecular weight excluding hydrogens is 162 g/mol. The second kappa shape index (κ2) is 5.19. The van der Waals surface area contributed by atoms with Gasteiger partial charge in [0.15, 0.2) is 11.7 Å². The Kier molecular flexibility index (Phi) is 4.54. The molecule has 0 amide bonds. The first-order chi connectivity index (χ1) is 5.60. The molecule has 0 atom stereocenters. The molecule has 0 aliphatic heterocycles. The number of amidine groups is 2. The first-order valence-electron chi connectivity index (χ1n) is 3.21. The lowest BCUT2D eigenvalue weighted by atomic mass is 10.4. The van der Waals surface area contributed by atoms with Gasteiger partial charge in [-0.25, -0.2) is 0 Å². The highest BCUT2D eigenvalue weighted by atomic mass is 16.4. The summed E-state index contributed by atoms with van der Waals surface area (Å²) in [5, 5.41) is 21.9. The minimum atomic E-state index is 0.0724. The second-order valence-electron chi connectivity index (χ2n) is 2.35. The number of rotatable bonds is 4. The van der Waals surface area contributed by atoms with Crippen molar-refractivity contribution in [3.63, 3.8) is 0 Å². The number of oxime groups is 2.